The van der Waals surface area contributed by atoms with Gasteiger partial charge in [0.1, 0.15) is 5.69 Å². The molecule has 1 amide bonds. The van der Waals surface area contributed by atoms with E-state index in [1.165, 1.54) is 0 Å². The fourth-order valence-electron chi connectivity index (χ4n) is 4.21. The highest BCUT2D eigenvalue weighted by Gasteiger charge is 2.24. The van der Waals surface area contributed by atoms with Crippen molar-refractivity contribution in [1.82, 2.24) is 29.6 Å². The number of hydrogen-bond donors (Lipinski definition) is 1. The van der Waals surface area contributed by atoms with Crippen LogP contribution in [0.1, 0.15) is 16.2 Å². The summed E-state index contributed by atoms with van der Waals surface area (Å²) in [6.45, 7) is 3.97. The SMILES string of the molecule is O=C(c1cc(-c2ccc3c(c2)OCO3)n[nH]1)N1CCN(Cc2cc3ccccn3n2)CC1. The first-order valence-corrected chi connectivity index (χ1v) is 10.6. The number of nitrogens with one attached hydrogen (secondary N) is 1. The zero-order valence-electron chi connectivity index (χ0n) is 17.4. The maximum absolute atomic E-state index is 13.0. The molecule has 1 aromatic carbocycles. The predicted octanol–water partition coefficient (Wildman–Crippen LogP) is 2.41. The lowest BCUT2D eigenvalue weighted by Crippen LogP contribution is -2.48. The molecule has 2 aliphatic heterocycles. The van der Waals surface area contributed by atoms with Gasteiger partial charge in [-0.05, 0) is 42.5 Å². The Morgan fingerprint density at radius 2 is 1.88 bits per heavy atom. The van der Waals surface area contributed by atoms with Gasteiger partial charge in [0.2, 0.25) is 6.79 Å². The Morgan fingerprint density at radius 1 is 1.00 bits per heavy atom. The number of amides is 1. The van der Waals surface area contributed by atoms with Gasteiger partial charge in [0, 0.05) is 44.5 Å². The van der Waals surface area contributed by atoms with Crippen molar-refractivity contribution in [3.8, 4) is 22.8 Å². The second-order valence-corrected chi connectivity index (χ2v) is 8.01. The van der Waals surface area contributed by atoms with E-state index in [4.69, 9.17) is 9.47 Å². The van der Waals surface area contributed by atoms with Crippen LogP contribution < -0.4 is 9.47 Å². The number of benzene rings is 1. The summed E-state index contributed by atoms with van der Waals surface area (Å²) < 4.78 is 12.7. The van der Waals surface area contributed by atoms with E-state index in [1.807, 2.05) is 45.9 Å². The topological polar surface area (TPSA) is 88.0 Å². The number of carbonyl (C=O) groups is 1. The summed E-state index contributed by atoms with van der Waals surface area (Å²) in [4.78, 5) is 17.2. The Bertz CT molecular complexity index is 1250. The summed E-state index contributed by atoms with van der Waals surface area (Å²) in [5.41, 5.74) is 4.21. The molecule has 9 nitrogen and oxygen atoms in total. The highest BCUT2D eigenvalue weighted by Crippen LogP contribution is 2.35. The second kappa shape index (κ2) is 7.69. The summed E-state index contributed by atoms with van der Waals surface area (Å²) in [6, 6.07) is 15.6. The first kappa shape index (κ1) is 18.9. The van der Waals surface area contributed by atoms with Crippen LogP contribution in [0.5, 0.6) is 11.5 Å². The molecule has 0 spiro atoms. The number of fused-ring (bicyclic) bond motifs is 2. The van der Waals surface area contributed by atoms with E-state index in [1.54, 1.807) is 6.07 Å². The molecule has 9 heteroatoms. The molecule has 0 radical (unpaired) electrons. The molecule has 3 aromatic heterocycles. The normalized spacial score (nSPS) is 16.1. The summed E-state index contributed by atoms with van der Waals surface area (Å²) in [5.74, 6) is 1.39. The first-order chi connectivity index (χ1) is 15.7. The minimum Gasteiger partial charge on any atom is -0.454 e. The lowest BCUT2D eigenvalue weighted by molar-refractivity contribution is 0.0621. The number of aromatic nitrogens is 4. The molecule has 0 atom stereocenters. The van der Waals surface area contributed by atoms with Crippen molar-refractivity contribution >= 4 is 11.4 Å². The summed E-state index contributed by atoms with van der Waals surface area (Å²) in [7, 11) is 0. The van der Waals surface area contributed by atoms with E-state index >= 15 is 0 Å². The van der Waals surface area contributed by atoms with Crippen LogP contribution in [0.15, 0.2) is 54.7 Å². The minimum atomic E-state index is -0.0307. The van der Waals surface area contributed by atoms with Gasteiger partial charge in [-0.15, -0.1) is 0 Å². The number of aromatic amines is 1. The van der Waals surface area contributed by atoms with Crippen LogP contribution in [0.2, 0.25) is 0 Å². The van der Waals surface area contributed by atoms with E-state index in [2.05, 4.69) is 32.3 Å². The number of piperazine rings is 1. The summed E-state index contributed by atoms with van der Waals surface area (Å²) in [5, 5.41) is 11.9. The molecule has 0 bridgehead atoms. The Morgan fingerprint density at radius 3 is 2.75 bits per heavy atom. The van der Waals surface area contributed by atoms with Crippen molar-refractivity contribution in [3.63, 3.8) is 0 Å². The average molecular weight is 430 g/mol. The van der Waals surface area contributed by atoms with Crippen molar-refractivity contribution in [2.45, 2.75) is 6.54 Å². The van der Waals surface area contributed by atoms with Crippen molar-refractivity contribution < 1.29 is 14.3 Å². The van der Waals surface area contributed by atoms with E-state index < -0.39 is 0 Å². The number of nitrogens with zero attached hydrogens (tertiary/aromatic N) is 5. The molecule has 162 valence electrons. The van der Waals surface area contributed by atoms with Gasteiger partial charge in [-0.1, -0.05) is 6.07 Å². The van der Waals surface area contributed by atoms with Crippen LogP contribution in [0.3, 0.4) is 0 Å². The van der Waals surface area contributed by atoms with Gasteiger partial charge >= 0.3 is 0 Å². The monoisotopic (exact) mass is 430 g/mol. The lowest BCUT2D eigenvalue weighted by atomic mass is 10.1. The molecule has 1 N–H and O–H groups in total. The maximum Gasteiger partial charge on any atom is 0.271 e. The Kier molecular flexibility index (Phi) is 4.53. The van der Waals surface area contributed by atoms with Gasteiger partial charge in [0.15, 0.2) is 11.5 Å². The van der Waals surface area contributed by atoms with Gasteiger partial charge in [0.25, 0.3) is 5.91 Å². The van der Waals surface area contributed by atoms with E-state index in [0.717, 1.165) is 42.2 Å². The standard InChI is InChI=1S/C23H22N6O3/c30-23(20-13-19(24-25-20)16-4-5-21-22(11-16)32-15-31-21)28-9-7-27(8-10-28)14-17-12-18-3-1-2-6-29(18)26-17/h1-6,11-13H,7-10,14-15H2,(H,24,25). The summed E-state index contributed by atoms with van der Waals surface area (Å²) >= 11 is 0. The van der Waals surface area contributed by atoms with Gasteiger partial charge in [0.05, 0.1) is 16.9 Å². The molecule has 2 aliphatic rings. The highest BCUT2D eigenvalue weighted by molar-refractivity contribution is 5.93. The first-order valence-electron chi connectivity index (χ1n) is 10.6. The number of hydrogen-bond acceptors (Lipinski definition) is 6. The van der Waals surface area contributed by atoms with Crippen LogP contribution in [0.4, 0.5) is 0 Å². The Balaban J connectivity index is 1.09. The predicted molar refractivity (Wildman–Crippen MR) is 117 cm³/mol. The zero-order chi connectivity index (χ0) is 21.5. The molecular weight excluding hydrogens is 408 g/mol. The second-order valence-electron chi connectivity index (χ2n) is 8.01. The molecule has 0 unspecified atom stereocenters. The highest BCUT2D eigenvalue weighted by atomic mass is 16.7. The molecule has 4 aromatic rings. The third-order valence-electron chi connectivity index (χ3n) is 5.94. The number of H-pyrrole nitrogens is 1. The van der Waals surface area contributed by atoms with Crippen LogP contribution in [0.25, 0.3) is 16.8 Å². The van der Waals surface area contributed by atoms with Crippen LogP contribution in [0, 0.1) is 0 Å². The quantitative estimate of drug-likeness (QED) is 0.535. The number of pyridine rings is 1. The van der Waals surface area contributed by atoms with Gasteiger partial charge in [-0.2, -0.15) is 10.2 Å². The molecule has 1 fully saturated rings. The van der Waals surface area contributed by atoms with E-state index in [0.29, 0.717) is 30.2 Å². The average Bonchev–Trinajstić information content (AvgIpc) is 3.57. The fourth-order valence-corrected chi connectivity index (χ4v) is 4.21. The molecular formula is C23H22N6O3. The van der Waals surface area contributed by atoms with E-state index in [9.17, 15) is 4.79 Å². The Labute approximate surface area is 184 Å². The zero-order valence-corrected chi connectivity index (χ0v) is 17.4. The van der Waals surface area contributed by atoms with Crippen molar-refractivity contribution in [2.24, 2.45) is 0 Å². The largest absolute Gasteiger partial charge is 0.454 e. The lowest BCUT2D eigenvalue weighted by Gasteiger charge is -2.34. The van der Waals surface area contributed by atoms with Gasteiger partial charge in [-0.3, -0.25) is 14.8 Å². The molecule has 1 saturated heterocycles. The van der Waals surface area contributed by atoms with Crippen LogP contribution in [-0.2, 0) is 6.54 Å². The molecule has 6 rings (SSSR count). The number of carbonyl (C=O) groups excluding carboxylic acids is 1. The third kappa shape index (κ3) is 3.46. The van der Waals surface area contributed by atoms with Gasteiger partial charge in [-0.25, -0.2) is 4.52 Å². The van der Waals surface area contributed by atoms with Crippen molar-refractivity contribution in [2.75, 3.05) is 33.0 Å². The molecule has 32 heavy (non-hydrogen) atoms. The Hall–Kier alpha value is -3.85. The minimum absolute atomic E-state index is 0.0307. The van der Waals surface area contributed by atoms with Crippen molar-refractivity contribution in [1.29, 1.82) is 0 Å². The third-order valence-corrected chi connectivity index (χ3v) is 5.94. The van der Waals surface area contributed by atoms with Gasteiger partial charge < -0.3 is 14.4 Å². The molecule has 0 aliphatic carbocycles. The molecule has 0 saturated carbocycles. The summed E-state index contributed by atoms with van der Waals surface area (Å²) in [6.07, 6.45) is 1.96. The fraction of sp³-hybridized carbons (Fsp3) is 0.261. The maximum atomic E-state index is 13.0. The molecule has 5 heterocycles. The number of rotatable bonds is 4. The van der Waals surface area contributed by atoms with Crippen LogP contribution in [-0.4, -0.2) is 68.5 Å². The number of ether oxygens (including phenoxy) is 2. The van der Waals surface area contributed by atoms with Crippen LogP contribution >= 0.6 is 0 Å². The smallest absolute Gasteiger partial charge is 0.271 e. The van der Waals surface area contributed by atoms with E-state index in [-0.39, 0.29) is 12.7 Å². The van der Waals surface area contributed by atoms with Crippen molar-refractivity contribution in [3.05, 3.63) is 66.1 Å².